The number of nitrogens with zero attached hydrogens (tertiary/aromatic N) is 2. The molecule has 56 heavy (non-hydrogen) atoms. The molecule has 0 fully saturated rings. The van der Waals surface area contributed by atoms with Crippen LogP contribution in [0.25, 0.3) is 92.3 Å². The standard InChI is InChI=1S/C53H44N2S/c1-52(2,3)38-25-27-47-44(30-38)45-32-39(53(4,5)6)31-42(50(45)56-47)37-21-15-20-35(28-37)36-24-26-46-43(29-36)40-22-13-14-23-41(40)51-54-48(33-16-9-7-10-17-33)49(55(46)51)34-18-11-8-12-19-34/h7-32H,1-6H3. The van der Waals surface area contributed by atoms with E-state index in [-0.39, 0.29) is 10.8 Å². The van der Waals surface area contributed by atoms with Crippen LogP contribution in [0.15, 0.2) is 158 Å². The van der Waals surface area contributed by atoms with Gasteiger partial charge in [-0.15, -0.1) is 11.3 Å². The molecule has 7 aromatic carbocycles. The molecular weight excluding hydrogens is 697 g/mol. The molecule has 0 saturated heterocycles. The number of imidazole rings is 1. The summed E-state index contributed by atoms with van der Waals surface area (Å²) in [5.74, 6) is 0. The van der Waals surface area contributed by atoms with E-state index in [0.717, 1.165) is 39.1 Å². The van der Waals surface area contributed by atoms with Gasteiger partial charge in [0.05, 0.1) is 16.9 Å². The van der Waals surface area contributed by atoms with Crippen LogP contribution in [0.5, 0.6) is 0 Å². The molecule has 0 aliphatic rings. The summed E-state index contributed by atoms with van der Waals surface area (Å²) in [5, 5.41) is 6.28. The summed E-state index contributed by atoms with van der Waals surface area (Å²) < 4.78 is 5.08. The van der Waals surface area contributed by atoms with E-state index in [1.165, 1.54) is 64.3 Å². The molecule has 0 bridgehead atoms. The second-order valence-corrected chi connectivity index (χ2v) is 18.3. The Morgan fingerprint density at radius 3 is 1.80 bits per heavy atom. The van der Waals surface area contributed by atoms with E-state index in [2.05, 4.69) is 204 Å². The van der Waals surface area contributed by atoms with Crippen LogP contribution in [0.4, 0.5) is 0 Å². The van der Waals surface area contributed by atoms with Gasteiger partial charge in [-0.05, 0) is 92.1 Å². The second-order valence-electron chi connectivity index (χ2n) is 17.3. The monoisotopic (exact) mass is 740 g/mol. The molecule has 0 N–H and O–H groups in total. The fraction of sp³-hybridized carbons (Fsp3) is 0.151. The van der Waals surface area contributed by atoms with E-state index < -0.39 is 0 Å². The lowest BCUT2D eigenvalue weighted by Crippen LogP contribution is -2.11. The summed E-state index contributed by atoms with van der Waals surface area (Å²) in [6.07, 6.45) is 0. The lowest BCUT2D eigenvalue weighted by atomic mass is 9.83. The number of aromatic nitrogens is 2. The van der Waals surface area contributed by atoms with Crippen molar-refractivity contribution in [3.8, 4) is 44.8 Å². The fourth-order valence-electron chi connectivity index (χ4n) is 8.39. The van der Waals surface area contributed by atoms with Crippen molar-refractivity contribution in [3.05, 3.63) is 169 Å². The van der Waals surface area contributed by atoms with Crippen molar-refractivity contribution < 1.29 is 0 Å². The highest BCUT2D eigenvalue weighted by Gasteiger charge is 2.23. The number of hydrogen-bond donors (Lipinski definition) is 0. The van der Waals surface area contributed by atoms with Crippen LogP contribution >= 0.6 is 11.3 Å². The van der Waals surface area contributed by atoms with Gasteiger partial charge in [0.2, 0.25) is 0 Å². The summed E-state index contributed by atoms with van der Waals surface area (Å²) in [6, 6.07) is 58.2. The highest BCUT2D eigenvalue weighted by Crippen LogP contribution is 2.45. The first-order valence-corrected chi connectivity index (χ1v) is 20.4. The Morgan fingerprint density at radius 2 is 1.07 bits per heavy atom. The molecule has 0 amide bonds. The first-order valence-electron chi connectivity index (χ1n) is 19.6. The Balaban J connectivity index is 1.19. The molecule has 0 radical (unpaired) electrons. The van der Waals surface area contributed by atoms with E-state index in [4.69, 9.17) is 4.98 Å². The highest BCUT2D eigenvalue weighted by molar-refractivity contribution is 7.26. The molecule has 3 heterocycles. The molecule has 10 rings (SSSR count). The molecule has 0 saturated carbocycles. The second kappa shape index (κ2) is 12.8. The first-order chi connectivity index (χ1) is 27.0. The van der Waals surface area contributed by atoms with Crippen LogP contribution in [-0.4, -0.2) is 9.38 Å². The smallest absolute Gasteiger partial charge is 0.146 e. The van der Waals surface area contributed by atoms with Gasteiger partial charge in [-0.25, -0.2) is 4.98 Å². The van der Waals surface area contributed by atoms with Gasteiger partial charge in [0.15, 0.2) is 0 Å². The molecule has 0 unspecified atom stereocenters. The molecule has 0 spiro atoms. The SMILES string of the molecule is CC(C)(C)c1ccc2sc3c(-c4cccc(-c5ccc6c(c5)c5ccccc5c5nc(-c7ccccc7)c(-c7ccccc7)n65)c4)cc(C(C)(C)C)cc3c2c1. The fourth-order valence-corrected chi connectivity index (χ4v) is 9.59. The maximum atomic E-state index is 5.41. The Kier molecular flexibility index (Phi) is 7.85. The maximum absolute atomic E-state index is 5.41. The number of rotatable bonds is 4. The van der Waals surface area contributed by atoms with Gasteiger partial charge >= 0.3 is 0 Å². The average Bonchev–Trinajstić information content (AvgIpc) is 3.80. The van der Waals surface area contributed by atoms with Crippen molar-refractivity contribution in [2.45, 2.75) is 52.4 Å². The zero-order valence-electron chi connectivity index (χ0n) is 32.8. The van der Waals surface area contributed by atoms with E-state index >= 15 is 0 Å². The van der Waals surface area contributed by atoms with Crippen LogP contribution in [0, 0.1) is 0 Å². The van der Waals surface area contributed by atoms with Crippen LogP contribution in [0.3, 0.4) is 0 Å². The number of thiophene rings is 1. The lowest BCUT2D eigenvalue weighted by molar-refractivity contribution is 0.590. The molecule has 0 aliphatic heterocycles. The van der Waals surface area contributed by atoms with Crippen LogP contribution in [0.2, 0.25) is 0 Å². The minimum absolute atomic E-state index is 0.00743. The normalized spacial score (nSPS) is 12.5. The maximum Gasteiger partial charge on any atom is 0.146 e. The number of hydrogen-bond acceptors (Lipinski definition) is 2. The van der Waals surface area contributed by atoms with E-state index in [1.807, 2.05) is 11.3 Å². The van der Waals surface area contributed by atoms with Crippen molar-refractivity contribution in [1.29, 1.82) is 0 Å². The van der Waals surface area contributed by atoms with Gasteiger partial charge in [0, 0.05) is 42.1 Å². The topological polar surface area (TPSA) is 17.3 Å². The van der Waals surface area contributed by atoms with Crippen LogP contribution in [-0.2, 0) is 10.8 Å². The van der Waals surface area contributed by atoms with E-state index in [0.29, 0.717) is 0 Å². The molecule has 10 aromatic rings. The molecule has 3 aromatic heterocycles. The van der Waals surface area contributed by atoms with Crippen molar-refractivity contribution >= 4 is 58.8 Å². The Labute approximate surface area is 332 Å². The quantitative estimate of drug-likeness (QED) is 0.164. The third-order valence-electron chi connectivity index (χ3n) is 11.5. The number of benzene rings is 7. The summed E-state index contributed by atoms with van der Waals surface area (Å²) in [5.41, 5.74) is 14.3. The zero-order chi connectivity index (χ0) is 38.3. The van der Waals surface area contributed by atoms with Gasteiger partial charge in [0.1, 0.15) is 5.65 Å². The molecule has 272 valence electrons. The van der Waals surface area contributed by atoms with Crippen LogP contribution < -0.4 is 0 Å². The van der Waals surface area contributed by atoms with Gasteiger partial charge < -0.3 is 0 Å². The van der Waals surface area contributed by atoms with Crippen molar-refractivity contribution in [3.63, 3.8) is 0 Å². The first kappa shape index (κ1) is 34.5. The van der Waals surface area contributed by atoms with E-state index in [9.17, 15) is 0 Å². The Bertz CT molecular complexity index is 3130. The predicted octanol–water partition coefficient (Wildman–Crippen LogP) is 15.3. The molecule has 0 aliphatic carbocycles. The average molecular weight is 741 g/mol. The largest absolute Gasteiger partial charge is 0.291 e. The summed E-state index contributed by atoms with van der Waals surface area (Å²) in [6.45, 7) is 13.9. The molecular formula is C53H44N2S. The van der Waals surface area contributed by atoms with Crippen molar-refractivity contribution in [2.24, 2.45) is 0 Å². The summed E-state index contributed by atoms with van der Waals surface area (Å²) in [7, 11) is 0. The third kappa shape index (κ3) is 5.64. The summed E-state index contributed by atoms with van der Waals surface area (Å²) >= 11 is 1.92. The molecule has 0 atom stereocenters. The Morgan fingerprint density at radius 1 is 0.446 bits per heavy atom. The van der Waals surface area contributed by atoms with E-state index in [1.54, 1.807) is 0 Å². The minimum Gasteiger partial charge on any atom is -0.291 e. The Hall–Kier alpha value is -6.03. The van der Waals surface area contributed by atoms with Crippen molar-refractivity contribution in [1.82, 2.24) is 9.38 Å². The number of pyridine rings is 1. The van der Waals surface area contributed by atoms with Gasteiger partial charge in [-0.3, -0.25) is 4.40 Å². The lowest BCUT2D eigenvalue weighted by Gasteiger charge is -2.21. The molecule has 2 nitrogen and oxygen atoms in total. The van der Waals surface area contributed by atoms with Crippen LogP contribution in [0.1, 0.15) is 52.7 Å². The van der Waals surface area contributed by atoms with Gasteiger partial charge in [-0.2, -0.15) is 0 Å². The molecule has 3 heteroatoms. The zero-order valence-corrected chi connectivity index (χ0v) is 33.6. The minimum atomic E-state index is 0.00743. The third-order valence-corrected chi connectivity index (χ3v) is 12.7. The predicted molar refractivity (Wildman–Crippen MR) is 242 cm³/mol. The van der Waals surface area contributed by atoms with Gasteiger partial charge in [0.25, 0.3) is 0 Å². The number of fused-ring (bicyclic) bond motifs is 9. The van der Waals surface area contributed by atoms with Gasteiger partial charge in [-0.1, -0.05) is 157 Å². The highest BCUT2D eigenvalue weighted by atomic mass is 32.1. The summed E-state index contributed by atoms with van der Waals surface area (Å²) in [4.78, 5) is 5.41. The van der Waals surface area contributed by atoms with Crippen molar-refractivity contribution in [2.75, 3.05) is 0 Å².